The molecule has 8 nitrogen and oxygen atoms in total. The molecule has 1 N–H and O–H groups in total. The number of alkyl carbamates (subject to hydrolysis) is 1. The van der Waals surface area contributed by atoms with Crippen molar-refractivity contribution in [2.45, 2.75) is 31.3 Å². The number of hydrogen-bond acceptors (Lipinski definition) is 6. The highest BCUT2D eigenvalue weighted by Gasteiger charge is 2.23. The highest BCUT2D eigenvalue weighted by molar-refractivity contribution is 7.91. The molecule has 0 atom stereocenters. The summed E-state index contributed by atoms with van der Waals surface area (Å²) in [6.07, 6.45) is -0.951. The number of halogens is 1. The molecule has 0 aliphatic heterocycles. The van der Waals surface area contributed by atoms with Crippen LogP contribution in [0, 0.1) is 15.9 Å². The number of carbonyl (C=O) groups is 1. The monoisotopic (exact) mass is 334 g/mol. The first kappa shape index (κ1) is 17.8. The van der Waals surface area contributed by atoms with E-state index in [1.165, 1.54) is 0 Å². The highest BCUT2D eigenvalue weighted by Crippen LogP contribution is 2.22. The fraction of sp³-hybridized carbons (Fsp3) is 0.417. The zero-order valence-corrected chi connectivity index (χ0v) is 12.9. The number of ether oxygens (including phenoxy) is 1. The van der Waals surface area contributed by atoms with E-state index < -0.39 is 48.7 Å². The van der Waals surface area contributed by atoms with Gasteiger partial charge < -0.3 is 10.1 Å². The summed E-state index contributed by atoms with van der Waals surface area (Å²) in [6.45, 7) is 4.80. The van der Waals surface area contributed by atoms with E-state index in [0.717, 1.165) is 6.07 Å². The van der Waals surface area contributed by atoms with Crippen LogP contribution >= 0.6 is 0 Å². The Labute approximate surface area is 126 Å². The molecule has 0 saturated carbocycles. The van der Waals surface area contributed by atoms with Gasteiger partial charge in [-0.3, -0.25) is 10.1 Å². The van der Waals surface area contributed by atoms with Crippen LogP contribution in [0.5, 0.6) is 0 Å². The predicted molar refractivity (Wildman–Crippen MR) is 74.5 cm³/mol. The molecule has 1 aromatic carbocycles. The van der Waals surface area contributed by atoms with Crippen molar-refractivity contribution in [3.8, 4) is 0 Å². The van der Waals surface area contributed by atoms with Crippen LogP contribution < -0.4 is 5.32 Å². The molecule has 0 saturated heterocycles. The molecule has 0 aliphatic carbocycles. The first-order chi connectivity index (χ1) is 9.92. The number of nitro benzene ring substituents is 1. The molecule has 0 unspecified atom stereocenters. The second-order valence-corrected chi connectivity index (χ2v) is 7.30. The van der Waals surface area contributed by atoms with Gasteiger partial charge in [0, 0.05) is 6.07 Å². The van der Waals surface area contributed by atoms with Crippen LogP contribution in [0.1, 0.15) is 20.8 Å². The number of nitro groups is 1. The van der Waals surface area contributed by atoms with E-state index in [1.54, 1.807) is 20.8 Å². The molecule has 0 bridgehead atoms. The first-order valence-corrected chi connectivity index (χ1v) is 7.71. The Bertz CT molecular complexity index is 696. The Balaban J connectivity index is 2.90. The lowest BCUT2D eigenvalue weighted by Gasteiger charge is -2.19. The van der Waals surface area contributed by atoms with Gasteiger partial charge in [0.05, 0.1) is 9.82 Å². The number of amides is 1. The molecular formula is C12H15FN2O6S. The van der Waals surface area contributed by atoms with Crippen LogP contribution in [0.3, 0.4) is 0 Å². The van der Waals surface area contributed by atoms with Crippen LogP contribution in [0.2, 0.25) is 0 Å². The van der Waals surface area contributed by atoms with Gasteiger partial charge in [-0.1, -0.05) is 0 Å². The smallest absolute Gasteiger partial charge is 0.408 e. The summed E-state index contributed by atoms with van der Waals surface area (Å²) >= 11 is 0. The number of nitrogens with one attached hydrogen (secondary N) is 1. The summed E-state index contributed by atoms with van der Waals surface area (Å²) in [4.78, 5) is 20.5. The molecule has 1 amide bonds. The lowest BCUT2D eigenvalue weighted by molar-refractivity contribution is -0.387. The molecule has 0 aromatic heterocycles. The summed E-state index contributed by atoms with van der Waals surface area (Å²) in [5.41, 5.74) is -1.76. The van der Waals surface area contributed by atoms with Gasteiger partial charge in [0.15, 0.2) is 9.84 Å². The fourth-order valence-corrected chi connectivity index (χ4v) is 2.42. The summed E-state index contributed by atoms with van der Waals surface area (Å²) < 4.78 is 42.0. The Kier molecular flexibility index (Phi) is 5.07. The number of benzene rings is 1. The second-order valence-electron chi connectivity index (χ2n) is 5.31. The van der Waals surface area contributed by atoms with E-state index in [0.29, 0.717) is 12.1 Å². The van der Waals surface area contributed by atoms with E-state index in [9.17, 15) is 27.7 Å². The van der Waals surface area contributed by atoms with E-state index in [2.05, 4.69) is 0 Å². The minimum atomic E-state index is -4.07. The molecule has 122 valence electrons. The van der Waals surface area contributed by atoms with Gasteiger partial charge in [-0.25, -0.2) is 13.2 Å². The quantitative estimate of drug-likeness (QED) is 0.511. The van der Waals surface area contributed by atoms with Crippen LogP contribution in [-0.4, -0.2) is 30.9 Å². The molecule has 22 heavy (non-hydrogen) atoms. The van der Waals surface area contributed by atoms with Crippen molar-refractivity contribution in [3.05, 3.63) is 34.1 Å². The molecule has 0 heterocycles. The fourth-order valence-electron chi connectivity index (χ4n) is 1.38. The van der Waals surface area contributed by atoms with Crippen LogP contribution in [0.4, 0.5) is 14.9 Å². The third kappa shape index (κ3) is 4.95. The van der Waals surface area contributed by atoms with Crippen molar-refractivity contribution in [3.63, 3.8) is 0 Å². The van der Waals surface area contributed by atoms with E-state index in [-0.39, 0.29) is 0 Å². The molecule has 0 fully saturated rings. The molecule has 0 aliphatic rings. The van der Waals surface area contributed by atoms with Gasteiger partial charge in [-0.2, -0.15) is 4.39 Å². The third-order valence-corrected chi connectivity index (χ3v) is 3.78. The van der Waals surface area contributed by atoms with E-state index in [1.807, 2.05) is 5.32 Å². The van der Waals surface area contributed by atoms with Crippen molar-refractivity contribution in [2.24, 2.45) is 0 Å². The van der Waals surface area contributed by atoms with Gasteiger partial charge in [0.25, 0.3) is 0 Å². The lowest BCUT2D eigenvalue weighted by Crippen LogP contribution is -2.35. The second kappa shape index (κ2) is 6.26. The number of rotatable bonds is 4. The van der Waals surface area contributed by atoms with Crippen molar-refractivity contribution >= 4 is 21.6 Å². The molecule has 1 aromatic rings. The minimum Gasteiger partial charge on any atom is -0.444 e. The number of hydrogen-bond donors (Lipinski definition) is 1. The Hall–Kier alpha value is -2.23. The molecule has 10 heteroatoms. The van der Waals surface area contributed by atoms with Crippen molar-refractivity contribution in [1.29, 1.82) is 0 Å². The SMILES string of the molecule is CC(C)(C)OC(=O)NCS(=O)(=O)c1ccc(F)c([N+](=O)[O-])c1. The maximum absolute atomic E-state index is 13.2. The molecule has 1 rings (SSSR count). The summed E-state index contributed by atoms with van der Waals surface area (Å²) in [7, 11) is -4.07. The van der Waals surface area contributed by atoms with E-state index in [4.69, 9.17) is 4.74 Å². The lowest BCUT2D eigenvalue weighted by atomic mass is 10.2. The van der Waals surface area contributed by atoms with Crippen molar-refractivity contribution in [2.75, 3.05) is 5.88 Å². The summed E-state index contributed by atoms with van der Waals surface area (Å²) in [5, 5.41) is 12.6. The summed E-state index contributed by atoms with van der Waals surface area (Å²) in [6, 6.07) is 2.16. The zero-order valence-electron chi connectivity index (χ0n) is 12.1. The van der Waals surface area contributed by atoms with Crippen LogP contribution in [0.25, 0.3) is 0 Å². The van der Waals surface area contributed by atoms with Gasteiger partial charge in [0.1, 0.15) is 11.5 Å². The minimum absolute atomic E-state index is 0.475. The normalized spacial score (nSPS) is 11.8. The maximum atomic E-state index is 13.2. The van der Waals surface area contributed by atoms with Gasteiger partial charge in [-0.15, -0.1) is 0 Å². The maximum Gasteiger partial charge on any atom is 0.408 e. The molecule has 0 spiro atoms. The highest BCUT2D eigenvalue weighted by atomic mass is 32.2. The van der Waals surface area contributed by atoms with Crippen molar-refractivity contribution in [1.82, 2.24) is 5.32 Å². The zero-order chi connectivity index (χ0) is 17.1. The van der Waals surface area contributed by atoms with Crippen LogP contribution in [-0.2, 0) is 14.6 Å². The van der Waals surface area contributed by atoms with Gasteiger partial charge in [0.2, 0.25) is 5.82 Å². The van der Waals surface area contributed by atoms with E-state index >= 15 is 0 Å². The summed E-state index contributed by atoms with van der Waals surface area (Å²) in [5.74, 6) is -1.98. The van der Waals surface area contributed by atoms with Crippen LogP contribution in [0.15, 0.2) is 23.1 Å². The first-order valence-electron chi connectivity index (χ1n) is 6.06. The number of nitrogens with zero attached hydrogens (tertiary/aromatic N) is 1. The Morgan fingerprint density at radius 3 is 2.50 bits per heavy atom. The standard InChI is InChI=1S/C12H15FN2O6S/c1-12(2,3)21-11(16)14-7-22(19,20)8-4-5-9(13)10(6-8)15(17)18/h4-6H,7H2,1-3H3,(H,14,16). The van der Waals surface area contributed by atoms with Gasteiger partial charge >= 0.3 is 11.8 Å². The predicted octanol–water partition coefficient (Wildman–Crippen LogP) is 1.99. The molecular weight excluding hydrogens is 319 g/mol. The number of sulfone groups is 1. The third-order valence-electron chi connectivity index (χ3n) is 2.28. The van der Waals surface area contributed by atoms with Gasteiger partial charge in [-0.05, 0) is 32.9 Å². The Morgan fingerprint density at radius 2 is 2.00 bits per heavy atom. The Morgan fingerprint density at radius 1 is 1.41 bits per heavy atom. The molecule has 0 radical (unpaired) electrons. The topological polar surface area (TPSA) is 116 Å². The van der Waals surface area contributed by atoms with Crippen molar-refractivity contribution < 1.29 is 27.3 Å². The number of carbonyl (C=O) groups excluding carboxylic acids is 1. The average molecular weight is 334 g/mol. The average Bonchev–Trinajstić information content (AvgIpc) is 2.34. The largest absolute Gasteiger partial charge is 0.444 e.